The molecule has 106 valence electrons. The van der Waals surface area contributed by atoms with E-state index in [1.165, 1.54) is 4.90 Å². The average Bonchev–Trinajstić information content (AvgIpc) is 2.39. The van der Waals surface area contributed by atoms with Gasteiger partial charge in [0.2, 0.25) is 0 Å². The Morgan fingerprint density at radius 3 is 2.79 bits per heavy atom. The maximum absolute atomic E-state index is 11.8. The minimum absolute atomic E-state index is 0.0276. The van der Waals surface area contributed by atoms with Crippen LogP contribution in [0.2, 0.25) is 0 Å². The number of rotatable bonds is 6. The van der Waals surface area contributed by atoms with Gasteiger partial charge in [-0.3, -0.25) is 4.98 Å². The molecule has 0 saturated heterocycles. The molecule has 0 radical (unpaired) electrons. The number of aromatic nitrogens is 1. The number of likely N-dealkylation sites (N-methyl/N-ethyl adjacent to an activating group) is 1. The van der Waals surface area contributed by atoms with Gasteiger partial charge in [0.05, 0.1) is 6.61 Å². The normalized spacial score (nSPS) is 12.3. The number of hydrogen-bond acceptors (Lipinski definition) is 3. The summed E-state index contributed by atoms with van der Waals surface area (Å²) < 4.78 is 0. The Balaban J connectivity index is 2.59. The van der Waals surface area contributed by atoms with E-state index in [4.69, 9.17) is 5.11 Å². The topological polar surface area (TPSA) is 65.5 Å². The van der Waals surface area contributed by atoms with Crippen molar-refractivity contribution < 1.29 is 9.90 Å². The molecule has 2 N–H and O–H groups in total. The van der Waals surface area contributed by atoms with Crippen LogP contribution in [-0.4, -0.2) is 47.8 Å². The van der Waals surface area contributed by atoms with E-state index in [0.29, 0.717) is 19.0 Å². The molecule has 19 heavy (non-hydrogen) atoms. The van der Waals surface area contributed by atoms with Crippen molar-refractivity contribution in [2.24, 2.45) is 5.92 Å². The van der Waals surface area contributed by atoms with Crippen LogP contribution in [-0.2, 0) is 0 Å². The van der Waals surface area contributed by atoms with Crippen LogP contribution >= 0.6 is 0 Å². The third kappa shape index (κ3) is 4.87. The van der Waals surface area contributed by atoms with Crippen molar-refractivity contribution in [2.75, 3.05) is 26.7 Å². The molecule has 0 aliphatic carbocycles. The zero-order valence-electron chi connectivity index (χ0n) is 11.8. The Kier molecular flexibility index (Phi) is 6.29. The van der Waals surface area contributed by atoms with Crippen molar-refractivity contribution in [3.63, 3.8) is 0 Å². The molecule has 1 heterocycles. The van der Waals surface area contributed by atoms with E-state index >= 15 is 0 Å². The average molecular weight is 265 g/mol. The molecule has 0 aliphatic rings. The van der Waals surface area contributed by atoms with Gasteiger partial charge in [-0.15, -0.1) is 0 Å². The number of hydrogen-bond donors (Lipinski definition) is 2. The number of carbonyl (C=O) groups excluding carboxylic acids is 1. The van der Waals surface area contributed by atoms with Gasteiger partial charge in [0, 0.05) is 38.4 Å². The lowest BCUT2D eigenvalue weighted by molar-refractivity contribution is 0.189. The predicted molar refractivity (Wildman–Crippen MR) is 74.9 cm³/mol. The van der Waals surface area contributed by atoms with Gasteiger partial charge >= 0.3 is 6.03 Å². The van der Waals surface area contributed by atoms with E-state index in [-0.39, 0.29) is 18.6 Å². The second-order valence-electron chi connectivity index (χ2n) is 4.97. The first-order valence-corrected chi connectivity index (χ1v) is 6.56. The van der Waals surface area contributed by atoms with E-state index in [9.17, 15) is 4.79 Å². The molecule has 0 saturated carbocycles. The van der Waals surface area contributed by atoms with E-state index in [2.05, 4.69) is 24.1 Å². The van der Waals surface area contributed by atoms with Crippen LogP contribution < -0.4 is 5.32 Å². The van der Waals surface area contributed by atoms with E-state index in [0.717, 1.165) is 5.56 Å². The highest BCUT2D eigenvalue weighted by atomic mass is 16.3. The number of nitrogens with zero attached hydrogens (tertiary/aromatic N) is 2. The Bertz CT molecular complexity index is 382. The number of urea groups is 1. The number of pyridine rings is 1. The number of amides is 2. The van der Waals surface area contributed by atoms with E-state index < -0.39 is 0 Å². The minimum atomic E-state index is -0.163. The first-order chi connectivity index (χ1) is 9.06. The third-order valence-corrected chi connectivity index (χ3v) is 3.17. The van der Waals surface area contributed by atoms with Crippen molar-refractivity contribution in [1.82, 2.24) is 15.2 Å². The van der Waals surface area contributed by atoms with Gasteiger partial charge in [0.25, 0.3) is 0 Å². The zero-order chi connectivity index (χ0) is 14.3. The van der Waals surface area contributed by atoms with Gasteiger partial charge < -0.3 is 15.3 Å². The fourth-order valence-electron chi connectivity index (χ4n) is 1.92. The fourth-order valence-corrected chi connectivity index (χ4v) is 1.92. The largest absolute Gasteiger partial charge is 0.395 e. The van der Waals surface area contributed by atoms with E-state index in [1.54, 1.807) is 13.2 Å². The number of nitrogens with one attached hydrogen (secondary N) is 1. The van der Waals surface area contributed by atoms with Crippen molar-refractivity contribution in [2.45, 2.75) is 19.8 Å². The molecule has 1 atom stereocenters. The summed E-state index contributed by atoms with van der Waals surface area (Å²) in [7, 11) is 1.67. The van der Waals surface area contributed by atoms with Crippen LogP contribution in [0, 0.1) is 5.92 Å². The van der Waals surface area contributed by atoms with Crippen LogP contribution in [0.15, 0.2) is 24.5 Å². The van der Waals surface area contributed by atoms with Crippen molar-refractivity contribution in [3.05, 3.63) is 30.1 Å². The predicted octanol–water partition coefficient (Wildman–Crippen LogP) is 1.45. The van der Waals surface area contributed by atoms with E-state index in [1.807, 2.05) is 18.3 Å². The molecule has 0 fully saturated rings. The summed E-state index contributed by atoms with van der Waals surface area (Å²) in [6.07, 6.45) is 3.59. The quantitative estimate of drug-likeness (QED) is 0.818. The summed E-state index contributed by atoms with van der Waals surface area (Å²) in [6.45, 7) is 5.13. The summed E-state index contributed by atoms with van der Waals surface area (Å²) in [5.74, 6) is 0.646. The zero-order valence-corrected chi connectivity index (χ0v) is 11.8. The number of carbonyl (C=O) groups is 1. The first kappa shape index (κ1) is 15.4. The second kappa shape index (κ2) is 7.74. The summed E-state index contributed by atoms with van der Waals surface area (Å²) in [4.78, 5) is 17.4. The number of aliphatic hydroxyl groups is 1. The molecule has 0 bridgehead atoms. The fraction of sp³-hybridized carbons (Fsp3) is 0.571. The van der Waals surface area contributed by atoms with Gasteiger partial charge in [-0.1, -0.05) is 19.9 Å². The highest BCUT2D eigenvalue weighted by Gasteiger charge is 2.17. The molecule has 2 amide bonds. The van der Waals surface area contributed by atoms with Crippen LogP contribution in [0.25, 0.3) is 0 Å². The maximum atomic E-state index is 11.8. The van der Waals surface area contributed by atoms with Gasteiger partial charge in [-0.2, -0.15) is 0 Å². The summed E-state index contributed by atoms with van der Waals surface area (Å²) in [6, 6.07) is 3.77. The highest BCUT2D eigenvalue weighted by Crippen LogP contribution is 2.22. The standard InChI is InChI=1S/C14H23N3O2/c1-11(2)13(12-5-4-6-15-9-12)10-16-14(19)17(3)7-8-18/h4-6,9,11,13,18H,7-8,10H2,1-3H3,(H,16,19). The molecule has 1 rings (SSSR count). The third-order valence-electron chi connectivity index (χ3n) is 3.17. The van der Waals surface area contributed by atoms with Crippen LogP contribution in [0.5, 0.6) is 0 Å². The van der Waals surface area contributed by atoms with Crippen molar-refractivity contribution >= 4 is 6.03 Å². The Morgan fingerprint density at radius 2 is 2.26 bits per heavy atom. The first-order valence-electron chi connectivity index (χ1n) is 6.56. The summed E-state index contributed by atoms with van der Waals surface area (Å²) in [5.41, 5.74) is 1.13. The minimum Gasteiger partial charge on any atom is -0.395 e. The van der Waals surface area contributed by atoms with Crippen molar-refractivity contribution in [1.29, 1.82) is 0 Å². The van der Waals surface area contributed by atoms with Crippen LogP contribution in [0.1, 0.15) is 25.3 Å². The summed E-state index contributed by atoms with van der Waals surface area (Å²) >= 11 is 0. The Hall–Kier alpha value is -1.62. The lowest BCUT2D eigenvalue weighted by Gasteiger charge is -2.23. The SMILES string of the molecule is CC(C)C(CNC(=O)N(C)CCO)c1cccnc1. The molecule has 0 aromatic carbocycles. The summed E-state index contributed by atoms with van der Waals surface area (Å²) in [5, 5.41) is 11.7. The molecular formula is C14H23N3O2. The molecule has 1 aromatic rings. The van der Waals surface area contributed by atoms with Gasteiger partial charge in [-0.25, -0.2) is 4.79 Å². The molecule has 1 unspecified atom stereocenters. The lowest BCUT2D eigenvalue weighted by atomic mass is 9.89. The molecule has 5 nitrogen and oxygen atoms in total. The Morgan fingerprint density at radius 1 is 1.53 bits per heavy atom. The lowest BCUT2D eigenvalue weighted by Crippen LogP contribution is -2.41. The van der Waals surface area contributed by atoms with Crippen LogP contribution in [0.4, 0.5) is 4.79 Å². The monoisotopic (exact) mass is 265 g/mol. The molecule has 0 spiro atoms. The Labute approximate surface area is 114 Å². The van der Waals surface area contributed by atoms with Gasteiger partial charge in [-0.05, 0) is 17.5 Å². The molecule has 1 aromatic heterocycles. The van der Waals surface area contributed by atoms with Gasteiger partial charge in [0.1, 0.15) is 0 Å². The highest BCUT2D eigenvalue weighted by molar-refractivity contribution is 5.73. The van der Waals surface area contributed by atoms with Crippen LogP contribution in [0.3, 0.4) is 0 Å². The number of aliphatic hydroxyl groups excluding tert-OH is 1. The molecule has 0 aliphatic heterocycles. The maximum Gasteiger partial charge on any atom is 0.317 e. The van der Waals surface area contributed by atoms with Crippen molar-refractivity contribution in [3.8, 4) is 0 Å². The molecular weight excluding hydrogens is 242 g/mol. The van der Waals surface area contributed by atoms with Gasteiger partial charge in [0.15, 0.2) is 0 Å². The second-order valence-corrected chi connectivity index (χ2v) is 4.97. The molecule has 5 heteroatoms. The smallest absolute Gasteiger partial charge is 0.317 e.